The summed E-state index contributed by atoms with van der Waals surface area (Å²) in [6.07, 6.45) is 1.17. The van der Waals surface area contributed by atoms with Crippen LogP contribution in [0.5, 0.6) is 0 Å². The van der Waals surface area contributed by atoms with Crippen molar-refractivity contribution >= 4 is 23.5 Å². The van der Waals surface area contributed by atoms with Crippen LogP contribution in [0, 0.1) is 23.6 Å². The molecule has 2 aliphatic rings. The number of carbonyl (C=O) groups is 3. The Morgan fingerprint density at radius 1 is 1.24 bits per heavy atom. The van der Waals surface area contributed by atoms with Gasteiger partial charge in [-0.15, -0.1) is 0 Å². The minimum absolute atomic E-state index is 0.273. The van der Waals surface area contributed by atoms with E-state index < -0.39 is 41.1 Å². The summed E-state index contributed by atoms with van der Waals surface area (Å²) in [4.78, 5) is 36.8. The zero-order valence-electron chi connectivity index (χ0n) is 11.4. The van der Waals surface area contributed by atoms with Crippen molar-refractivity contribution in [3.05, 3.63) is 29.6 Å². The fraction of sp³-hybridized carbons (Fsp3) is 0.400. The van der Waals surface area contributed by atoms with Crippen LogP contribution in [-0.2, 0) is 9.59 Å². The Hall–Kier alpha value is -2.24. The molecule has 2 amide bonds. The molecule has 1 aliphatic heterocycles. The number of carboxylic acid groups (broad SMARTS) is 1. The molecule has 0 aromatic heterocycles. The van der Waals surface area contributed by atoms with E-state index in [9.17, 15) is 18.8 Å². The number of aromatic carboxylic acids is 1. The van der Waals surface area contributed by atoms with Gasteiger partial charge in [-0.2, -0.15) is 0 Å². The lowest BCUT2D eigenvalue weighted by atomic mass is 10.00. The van der Waals surface area contributed by atoms with E-state index in [1.807, 2.05) is 6.92 Å². The highest BCUT2D eigenvalue weighted by Gasteiger charge is 2.53. The van der Waals surface area contributed by atoms with Crippen LogP contribution in [0.4, 0.5) is 10.1 Å². The smallest absolute Gasteiger partial charge is 0.337 e. The third-order valence-corrected chi connectivity index (χ3v) is 4.31. The third-order valence-electron chi connectivity index (χ3n) is 4.31. The maximum absolute atomic E-state index is 14.1. The molecule has 2 fully saturated rings. The molecule has 1 aromatic carbocycles. The van der Waals surface area contributed by atoms with Crippen LogP contribution in [0.15, 0.2) is 18.2 Å². The normalized spacial score (nSPS) is 28.1. The Labute approximate surface area is 120 Å². The summed E-state index contributed by atoms with van der Waals surface area (Å²) in [5.41, 5.74) is -0.799. The van der Waals surface area contributed by atoms with Crippen LogP contribution in [0.25, 0.3) is 0 Å². The maximum atomic E-state index is 14.1. The number of rotatable bonds is 2. The zero-order chi connectivity index (χ0) is 15.3. The van der Waals surface area contributed by atoms with Gasteiger partial charge in [0.05, 0.1) is 17.4 Å². The van der Waals surface area contributed by atoms with Gasteiger partial charge < -0.3 is 5.11 Å². The number of amides is 2. The first-order chi connectivity index (χ1) is 9.91. The number of benzene rings is 1. The average molecular weight is 291 g/mol. The first kappa shape index (κ1) is 13.7. The third kappa shape index (κ3) is 1.93. The fourth-order valence-electron chi connectivity index (χ4n) is 3.41. The van der Waals surface area contributed by atoms with E-state index in [1.165, 1.54) is 12.1 Å². The minimum atomic E-state index is -1.37. The van der Waals surface area contributed by atoms with Gasteiger partial charge in [0.2, 0.25) is 11.8 Å². The van der Waals surface area contributed by atoms with Gasteiger partial charge in [-0.05, 0) is 30.9 Å². The highest BCUT2D eigenvalue weighted by atomic mass is 19.1. The number of imide groups is 1. The molecule has 6 heteroatoms. The summed E-state index contributed by atoms with van der Waals surface area (Å²) in [5, 5.41) is 9.15. The lowest BCUT2D eigenvalue weighted by Gasteiger charge is -2.19. The molecular formula is C15H14FNO4. The van der Waals surface area contributed by atoms with Crippen LogP contribution < -0.4 is 4.90 Å². The Morgan fingerprint density at radius 2 is 1.81 bits per heavy atom. The molecule has 2 unspecified atom stereocenters. The van der Waals surface area contributed by atoms with Crippen LogP contribution in [0.2, 0.25) is 0 Å². The van der Waals surface area contributed by atoms with E-state index in [-0.39, 0.29) is 11.5 Å². The molecule has 5 nitrogen and oxygen atoms in total. The Morgan fingerprint density at radius 3 is 2.33 bits per heavy atom. The topological polar surface area (TPSA) is 74.7 Å². The standard InChI is InChI=1S/C15H14FNO4/c1-7-5-9-10(6-7)14(19)17(13(9)18)12-8(15(20)21)3-2-4-11(12)16/h2-4,7,9-10H,5-6H2,1H3,(H,20,21). The summed E-state index contributed by atoms with van der Waals surface area (Å²) in [6.45, 7) is 1.97. The van der Waals surface area contributed by atoms with E-state index in [0.29, 0.717) is 12.8 Å². The van der Waals surface area contributed by atoms with Gasteiger partial charge in [-0.3, -0.25) is 9.59 Å². The summed E-state index contributed by atoms with van der Waals surface area (Å²) in [5.74, 6) is -3.83. The predicted molar refractivity (Wildman–Crippen MR) is 71.2 cm³/mol. The highest BCUT2D eigenvalue weighted by Crippen LogP contribution is 2.45. The first-order valence-corrected chi connectivity index (χ1v) is 6.81. The molecule has 2 atom stereocenters. The van der Waals surface area contributed by atoms with Crippen molar-refractivity contribution in [2.45, 2.75) is 19.8 Å². The number of hydrogen-bond acceptors (Lipinski definition) is 3. The van der Waals surface area contributed by atoms with Crippen molar-refractivity contribution in [1.29, 1.82) is 0 Å². The van der Waals surface area contributed by atoms with Crippen molar-refractivity contribution in [3.63, 3.8) is 0 Å². The Balaban J connectivity index is 2.09. The van der Waals surface area contributed by atoms with Crippen molar-refractivity contribution in [3.8, 4) is 0 Å². The van der Waals surface area contributed by atoms with Crippen LogP contribution in [-0.4, -0.2) is 22.9 Å². The number of anilines is 1. The molecule has 0 bridgehead atoms. The van der Waals surface area contributed by atoms with Crippen LogP contribution >= 0.6 is 0 Å². The maximum Gasteiger partial charge on any atom is 0.337 e. The zero-order valence-corrected chi connectivity index (χ0v) is 11.4. The minimum Gasteiger partial charge on any atom is -0.478 e. The number of halogens is 1. The summed E-state index contributed by atoms with van der Waals surface area (Å²) >= 11 is 0. The van der Waals surface area contributed by atoms with Crippen molar-refractivity contribution in [2.24, 2.45) is 17.8 Å². The number of nitrogens with zero attached hydrogens (tertiary/aromatic N) is 1. The van der Waals surface area contributed by atoms with Crippen LogP contribution in [0.3, 0.4) is 0 Å². The predicted octanol–water partition coefficient (Wildman–Crippen LogP) is 2.06. The molecule has 110 valence electrons. The van der Waals surface area contributed by atoms with Gasteiger partial charge in [0.1, 0.15) is 11.5 Å². The van der Waals surface area contributed by atoms with E-state index >= 15 is 0 Å². The van der Waals surface area contributed by atoms with E-state index in [0.717, 1.165) is 11.0 Å². The fourth-order valence-corrected chi connectivity index (χ4v) is 3.41. The Bertz CT molecular complexity index is 633. The van der Waals surface area contributed by atoms with Gasteiger partial charge in [0.15, 0.2) is 0 Å². The van der Waals surface area contributed by atoms with Gasteiger partial charge in [0.25, 0.3) is 0 Å². The molecule has 1 N–H and O–H groups in total. The summed E-state index contributed by atoms with van der Waals surface area (Å²) in [7, 11) is 0. The second-order valence-corrected chi connectivity index (χ2v) is 5.74. The quantitative estimate of drug-likeness (QED) is 0.846. The van der Waals surface area contributed by atoms with E-state index in [4.69, 9.17) is 5.11 Å². The molecule has 0 radical (unpaired) electrons. The molecule has 0 spiro atoms. The van der Waals surface area contributed by atoms with Gasteiger partial charge >= 0.3 is 5.97 Å². The highest BCUT2D eigenvalue weighted by molar-refractivity contribution is 6.24. The van der Waals surface area contributed by atoms with E-state index in [1.54, 1.807) is 0 Å². The van der Waals surface area contributed by atoms with Gasteiger partial charge in [-0.25, -0.2) is 14.1 Å². The molecule has 3 rings (SSSR count). The van der Waals surface area contributed by atoms with Crippen LogP contribution in [0.1, 0.15) is 30.1 Å². The summed E-state index contributed by atoms with van der Waals surface area (Å²) < 4.78 is 14.1. The number of para-hydroxylation sites is 1. The largest absolute Gasteiger partial charge is 0.478 e. The number of hydrogen-bond donors (Lipinski definition) is 1. The van der Waals surface area contributed by atoms with Gasteiger partial charge in [0, 0.05) is 0 Å². The molecule has 1 heterocycles. The first-order valence-electron chi connectivity index (χ1n) is 6.81. The number of carboxylic acids is 1. The number of carbonyl (C=O) groups excluding carboxylic acids is 2. The second kappa shape index (κ2) is 4.65. The molecular weight excluding hydrogens is 277 g/mol. The lowest BCUT2D eigenvalue weighted by Crippen LogP contribution is -2.34. The van der Waals surface area contributed by atoms with E-state index in [2.05, 4.69) is 0 Å². The summed E-state index contributed by atoms with van der Waals surface area (Å²) in [6, 6.07) is 3.49. The monoisotopic (exact) mass is 291 g/mol. The second-order valence-electron chi connectivity index (χ2n) is 5.74. The van der Waals surface area contributed by atoms with Crippen molar-refractivity contribution in [2.75, 3.05) is 4.90 Å². The number of fused-ring (bicyclic) bond motifs is 1. The molecule has 1 saturated heterocycles. The Kier molecular flexibility index (Phi) is 3.04. The van der Waals surface area contributed by atoms with Crippen molar-refractivity contribution in [1.82, 2.24) is 0 Å². The lowest BCUT2D eigenvalue weighted by molar-refractivity contribution is -0.123. The molecule has 21 heavy (non-hydrogen) atoms. The molecule has 1 saturated carbocycles. The molecule has 1 aromatic rings. The SMILES string of the molecule is CC1CC2C(=O)N(c3c(F)cccc3C(=O)O)C(=O)C2C1. The van der Waals surface area contributed by atoms with Gasteiger partial charge in [-0.1, -0.05) is 13.0 Å². The van der Waals surface area contributed by atoms with Crippen molar-refractivity contribution < 1.29 is 23.9 Å². The average Bonchev–Trinajstić information content (AvgIpc) is 2.90. The molecule has 1 aliphatic carbocycles.